The van der Waals surface area contributed by atoms with E-state index in [4.69, 9.17) is 9.15 Å². The Labute approximate surface area is 132 Å². The molecule has 0 bridgehead atoms. The van der Waals surface area contributed by atoms with Crippen LogP contribution in [0.5, 0.6) is 5.75 Å². The van der Waals surface area contributed by atoms with Gasteiger partial charge in [-0.25, -0.2) is 9.37 Å². The molecule has 0 fully saturated rings. The minimum atomic E-state index is -0.326. The summed E-state index contributed by atoms with van der Waals surface area (Å²) in [4.78, 5) is 16.1. The second kappa shape index (κ2) is 6.48. The average Bonchev–Trinajstić information content (AvgIpc) is 2.88. The maximum absolute atomic E-state index is 12.8. The van der Waals surface area contributed by atoms with E-state index in [9.17, 15) is 9.18 Å². The Morgan fingerprint density at radius 3 is 2.83 bits per heavy atom. The van der Waals surface area contributed by atoms with Crippen molar-refractivity contribution < 1.29 is 18.3 Å². The van der Waals surface area contributed by atoms with E-state index in [0.29, 0.717) is 22.9 Å². The number of carbonyl (C=O) groups excluding carboxylic acids is 1. The molecule has 2 aromatic carbocycles. The van der Waals surface area contributed by atoms with E-state index < -0.39 is 0 Å². The summed E-state index contributed by atoms with van der Waals surface area (Å²) in [5, 5.41) is 2.77. The Bertz CT molecular complexity index is 827. The molecule has 3 aromatic rings. The molecule has 118 valence electrons. The predicted octanol–water partition coefficient (Wildman–Crippen LogP) is 3.68. The number of hydrogen-bond donors (Lipinski definition) is 1. The fourth-order valence-corrected chi connectivity index (χ4v) is 2.13. The zero-order valence-corrected chi connectivity index (χ0v) is 12.5. The molecule has 0 saturated carbocycles. The van der Waals surface area contributed by atoms with Gasteiger partial charge in [0.05, 0.1) is 13.0 Å². The Hall–Kier alpha value is -2.89. The molecule has 23 heavy (non-hydrogen) atoms. The number of oxazole rings is 1. The van der Waals surface area contributed by atoms with Crippen molar-refractivity contribution in [2.24, 2.45) is 0 Å². The highest BCUT2D eigenvalue weighted by atomic mass is 19.1. The Kier molecular flexibility index (Phi) is 4.23. The number of ether oxygens (including phenoxy) is 1. The standard InChI is InChI=1S/C17H15FN2O3/c1-11-19-15-7-4-13(10-16(15)23-11)20-17(21)8-9-22-14-5-2-12(18)3-6-14/h2-7,10H,8-9H2,1H3,(H,20,21). The first-order chi connectivity index (χ1) is 11.1. The van der Waals surface area contributed by atoms with E-state index in [2.05, 4.69) is 10.3 Å². The highest BCUT2D eigenvalue weighted by molar-refractivity contribution is 5.92. The van der Waals surface area contributed by atoms with Crippen molar-refractivity contribution >= 4 is 22.7 Å². The van der Waals surface area contributed by atoms with Gasteiger partial charge in [0.15, 0.2) is 11.5 Å². The average molecular weight is 314 g/mol. The van der Waals surface area contributed by atoms with Crippen LogP contribution in [-0.4, -0.2) is 17.5 Å². The maximum atomic E-state index is 12.8. The lowest BCUT2D eigenvalue weighted by Crippen LogP contribution is -2.15. The minimum absolute atomic E-state index is 0.178. The molecule has 6 heteroatoms. The topological polar surface area (TPSA) is 64.4 Å². The summed E-state index contributed by atoms with van der Waals surface area (Å²) in [5.41, 5.74) is 2.02. The number of carbonyl (C=O) groups is 1. The summed E-state index contributed by atoms with van der Waals surface area (Å²) in [6, 6.07) is 10.9. The fourth-order valence-electron chi connectivity index (χ4n) is 2.13. The molecule has 0 radical (unpaired) electrons. The van der Waals surface area contributed by atoms with Crippen LogP contribution in [0.25, 0.3) is 11.1 Å². The highest BCUT2D eigenvalue weighted by Gasteiger charge is 2.07. The SMILES string of the molecule is Cc1nc2ccc(NC(=O)CCOc3ccc(F)cc3)cc2o1. The Balaban J connectivity index is 1.52. The van der Waals surface area contributed by atoms with Gasteiger partial charge in [0.1, 0.15) is 17.1 Å². The number of nitrogens with zero attached hydrogens (tertiary/aromatic N) is 1. The van der Waals surface area contributed by atoms with Crippen LogP contribution in [0, 0.1) is 12.7 Å². The predicted molar refractivity (Wildman–Crippen MR) is 83.9 cm³/mol. The van der Waals surface area contributed by atoms with Crippen LogP contribution in [0.4, 0.5) is 10.1 Å². The van der Waals surface area contributed by atoms with Gasteiger partial charge in [0.25, 0.3) is 0 Å². The molecule has 1 aromatic heterocycles. The molecule has 1 N–H and O–H groups in total. The molecule has 5 nitrogen and oxygen atoms in total. The number of anilines is 1. The molecule has 0 atom stereocenters. The summed E-state index contributed by atoms with van der Waals surface area (Å²) in [6.45, 7) is 1.98. The van der Waals surface area contributed by atoms with Gasteiger partial charge in [-0.2, -0.15) is 0 Å². The van der Waals surface area contributed by atoms with Gasteiger partial charge in [-0.15, -0.1) is 0 Å². The molecule has 0 aliphatic rings. The van der Waals surface area contributed by atoms with Gasteiger partial charge in [-0.3, -0.25) is 4.79 Å². The zero-order chi connectivity index (χ0) is 16.2. The second-order valence-corrected chi connectivity index (χ2v) is 5.02. The van der Waals surface area contributed by atoms with Crippen molar-refractivity contribution in [3.63, 3.8) is 0 Å². The van der Waals surface area contributed by atoms with Gasteiger partial charge < -0.3 is 14.5 Å². The van der Waals surface area contributed by atoms with Gasteiger partial charge >= 0.3 is 0 Å². The summed E-state index contributed by atoms with van der Waals surface area (Å²) >= 11 is 0. The summed E-state index contributed by atoms with van der Waals surface area (Å²) in [6.07, 6.45) is 0.185. The molecule has 0 saturated heterocycles. The number of fused-ring (bicyclic) bond motifs is 1. The first-order valence-corrected chi connectivity index (χ1v) is 7.15. The molecule has 0 aliphatic heterocycles. The fraction of sp³-hybridized carbons (Fsp3) is 0.176. The largest absolute Gasteiger partial charge is 0.493 e. The number of rotatable bonds is 5. The molecular formula is C17H15FN2O3. The summed E-state index contributed by atoms with van der Waals surface area (Å²) < 4.78 is 23.6. The number of amides is 1. The first-order valence-electron chi connectivity index (χ1n) is 7.15. The van der Waals surface area contributed by atoms with E-state index >= 15 is 0 Å². The smallest absolute Gasteiger partial charge is 0.227 e. The molecule has 3 rings (SSSR count). The lowest BCUT2D eigenvalue weighted by Gasteiger charge is -2.07. The van der Waals surface area contributed by atoms with Crippen molar-refractivity contribution in [1.29, 1.82) is 0 Å². The normalized spacial score (nSPS) is 10.7. The van der Waals surface area contributed by atoms with Crippen LogP contribution < -0.4 is 10.1 Å². The van der Waals surface area contributed by atoms with Gasteiger partial charge in [0.2, 0.25) is 5.91 Å². The van der Waals surface area contributed by atoms with Gasteiger partial charge in [-0.1, -0.05) is 0 Å². The van der Waals surface area contributed by atoms with Crippen LogP contribution >= 0.6 is 0 Å². The van der Waals surface area contributed by atoms with E-state index in [1.165, 1.54) is 24.3 Å². The lowest BCUT2D eigenvalue weighted by atomic mass is 10.3. The van der Waals surface area contributed by atoms with E-state index in [-0.39, 0.29) is 24.8 Å². The number of aryl methyl sites for hydroxylation is 1. The lowest BCUT2D eigenvalue weighted by molar-refractivity contribution is -0.116. The summed E-state index contributed by atoms with van der Waals surface area (Å²) in [5.74, 6) is 0.602. The van der Waals surface area contributed by atoms with E-state index in [0.717, 1.165) is 5.52 Å². The van der Waals surface area contributed by atoms with Crippen molar-refractivity contribution in [1.82, 2.24) is 4.98 Å². The molecule has 1 heterocycles. The van der Waals surface area contributed by atoms with Crippen LogP contribution in [0.2, 0.25) is 0 Å². The van der Waals surface area contributed by atoms with E-state index in [1.807, 2.05) is 0 Å². The van der Waals surface area contributed by atoms with Crippen molar-refractivity contribution in [3.8, 4) is 5.75 Å². The monoisotopic (exact) mass is 314 g/mol. The van der Waals surface area contributed by atoms with Crippen LogP contribution in [-0.2, 0) is 4.79 Å². The van der Waals surface area contributed by atoms with Crippen LogP contribution in [0.1, 0.15) is 12.3 Å². The molecule has 0 spiro atoms. The van der Waals surface area contributed by atoms with Gasteiger partial charge in [0, 0.05) is 18.7 Å². The molecule has 0 unspecified atom stereocenters. The third-order valence-corrected chi connectivity index (χ3v) is 3.19. The quantitative estimate of drug-likeness (QED) is 0.780. The number of benzene rings is 2. The Morgan fingerprint density at radius 2 is 2.04 bits per heavy atom. The van der Waals surface area contributed by atoms with Crippen molar-refractivity contribution in [2.75, 3.05) is 11.9 Å². The first kappa shape index (κ1) is 15.0. The number of hydrogen-bond acceptors (Lipinski definition) is 4. The van der Waals surface area contributed by atoms with Crippen molar-refractivity contribution in [2.45, 2.75) is 13.3 Å². The number of nitrogens with one attached hydrogen (secondary N) is 1. The maximum Gasteiger partial charge on any atom is 0.227 e. The van der Waals surface area contributed by atoms with E-state index in [1.54, 1.807) is 25.1 Å². The summed E-state index contributed by atoms with van der Waals surface area (Å²) in [7, 11) is 0. The zero-order valence-electron chi connectivity index (χ0n) is 12.5. The Morgan fingerprint density at radius 1 is 1.26 bits per heavy atom. The van der Waals surface area contributed by atoms with Gasteiger partial charge in [-0.05, 0) is 36.4 Å². The molecule has 0 aliphatic carbocycles. The minimum Gasteiger partial charge on any atom is -0.493 e. The molecule has 1 amide bonds. The van der Waals surface area contributed by atoms with Crippen LogP contribution in [0.3, 0.4) is 0 Å². The third-order valence-electron chi connectivity index (χ3n) is 3.19. The van der Waals surface area contributed by atoms with Crippen molar-refractivity contribution in [3.05, 3.63) is 54.2 Å². The highest BCUT2D eigenvalue weighted by Crippen LogP contribution is 2.20. The number of halogens is 1. The number of aromatic nitrogens is 1. The molecular weight excluding hydrogens is 299 g/mol. The van der Waals surface area contributed by atoms with Crippen LogP contribution in [0.15, 0.2) is 46.9 Å². The second-order valence-electron chi connectivity index (χ2n) is 5.02. The third kappa shape index (κ3) is 3.85.